The molecular formula is C24H19ClFN5O2. The molecule has 0 aliphatic carbocycles. The van der Waals surface area contributed by atoms with Crippen LogP contribution in [0.5, 0.6) is 0 Å². The van der Waals surface area contributed by atoms with E-state index in [9.17, 15) is 14.0 Å². The third kappa shape index (κ3) is 3.25. The summed E-state index contributed by atoms with van der Waals surface area (Å²) in [5.41, 5.74) is 2.79. The number of halogens is 2. The number of benzene rings is 1. The van der Waals surface area contributed by atoms with Gasteiger partial charge >= 0.3 is 0 Å². The number of fused-ring (bicyclic) bond motifs is 1. The summed E-state index contributed by atoms with van der Waals surface area (Å²) in [6.45, 7) is 1.71. The molecule has 0 saturated heterocycles. The van der Waals surface area contributed by atoms with Gasteiger partial charge in [0.15, 0.2) is 5.69 Å². The zero-order valence-corrected chi connectivity index (χ0v) is 18.8. The Kier molecular flexibility index (Phi) is 4.90. The monoisotopic (exact) mass is 463 g/mol. The van der Waals surface area contributed by atoms with E-state index in [0.29, 0.717) is 27.8 Å². The fourth-order valence-electron chi connectivity index (χ4n) is 4.33. The number of carbonyl (C=O) groups excluding carboxylic acids is 1. The minimum absolute atomic E-state index is 0.140. The Morgan fingerprint density at radius 2 is 1.82 bits per heavy atom. The van der Waals surface area contributed by atoms with Crippen molar-refractivity contribution in [3.8, 4) is 11.4 Å². The number of imidazole rings is 1. The molecule has 7 nitrogen and oxygen atoms in total. The standard InChI is InChI=1S/C24H19ClFN5O2/c1-13-11-16(12-29(2)23(13)32)31-19(14-6-8-15(25)9-7-14)20-18(24(31)33)28-22(30(20)3)17-5-4-10-27-21(17)26/h4-12,19H,1-3H3. The van der Waals surface area contributed by atoms with E-state index >= 15 is 0 Å². The van der Waals surface area contributed by atoms with E-state index < -0.39 is 12.0 Å². The Labute approximate surface area is 193 Å². The Bertz CT molecular complexity index is 1450. The summed E-state index contributed by atoms with van der Waals surface area (Å²) >= 11 is 6.11. The maximum atomic E-state index is 14.4. The first kappa shape index (κ1) is 21.1. The lowest BCUT2D eigenvalue weighted by atomic mass is 10.0. The molecule has 0 spiro atoms. The molecule has 0 radical (unpaired) electrons. The summed E-state index contributed by atoms with van der Waals surface area (Å²) in [5, 5.41) is 0.566. The number of anilines is 1. The summed E-state index contributed by atoms with van der Waals surface area (Å²) in [7, 11) is 3.39. The number of rotatable bonds is 3. The second-order valence-corrected chi connectivity index (χ2v) is 8.43. The highest BCUT2D eigenvalue weighted by Crippen LogP contribution is 2.43. The van der Waals surface area contributed by atoms with Crippen LogP contribution in [0.3, 0.4) is 0 Å². The van der Waals surface area contributed by atoms with Crippen molar-refractivity contribution < 1.29 is 9.18 Å². The highest BCUT2D eigenvalue weighted by atomic mass is 35.5. The summed E-state index contributed by atoms with van der Waals surface area (Å²) < 4.78 is 17.6. The van der Waals surface area contributed by atoms with Crippen LogP contribution in [0, 0.1) is 12.9 Å². The van der Waals surface area contributed by atoms with Crippen LogP contribution in [0.1, 0.15) is 33.4 Å². The van der Waals surface area contributed by atoms with E-state index in [1.807, 2.05) is 12.1 Å². The van der Waals surface area contributed by atoms with Crippen LogP contribution in [-0.4, -0.2) is 25.0 Å². The molecule has 1 unspecified atom stereocenters. The first-order valence-electron chi connectivity index (χ1n) is 10.2. The summed E-state index contributed by atoms with van der Waals surface area (Å²) in [6, 6.07) is 11.5. The minimum Gasteiger partial charge on any atom is -0.328 e. The Balaban J connectivity index is 1.75. The molecular weight excluding hydrogens is 445 g/mol. The number of nitrogens with zero attached hydrogens (tertiary/aromatic N) is 5. The highest BCUT2D eigenvalue weighted by Gasteiger charge is 2.44. The molecule has 1 amide bonds. The quantitative estimate of drug-likeness (QED) is 0.430. The molecule has 0 bridgehead atoms. The maximum absolute atomic E-state index is 14.4. The topological polar surface area (TPSA) is 73.0 Å². The lowest BCUT2D eigenvalue weighted by Crippen LogP contribution is -2.32. The number of hydrogen-bond donors (Lipinski definition) is 0. The molecule has 4 aromatic rings. The number of amides is 1. The predicted octanol–water partition coefficient (Wildman–Crippen LogP) is 4.03. The van der Waals surface area contributed by atoms with E-state index in [4.69, 9.17) is 11.6 Å². The smallest absolute Gasteiger partial charge is 0.279 e. The van der Waals surface area contributed by atoms with E-state index in [-0.39, 0.29) is 22.7 Å². The van der Waals surface area contributed by atoms with Crippen LogP contribution in [0.4, 0.5) is 10.1 Å². The van der Waals surface area contributed by atoms with Gasteiger partial charge in [-0.3, -0.25) is 14.5 Å². The predicted molar refractivity (Wildman–Crippen MR) is 123 cm³/mol. The number of hydrogen-bond acceptors (Lipinski definition) is 4. The molecule has 0 fully saturated rings. The Morgan fingerprint density at radius 1 is 1.09 bits per heavy atom. The van der Waals surface area contributed by atoms with Gasteiger partial charge in [0.1, 0.15) is 11.9 Å². The van der Waals surface area contributed by atoms with Crippen LogP contribution in [0.2, 0.25) is 5.02 Å². The average molecular weight is 464 g/mol. The molecule has 4 heterocycles. The molecule has 0 N–H and O–H groups in total. The van der Waals surface area contributed by atoms with Crippen molar-refractivity contribution in [2.75, 3.05) is 4.90 Å². The second kappa shape index (κ2) is 7.67. The van der Waals surface area contributed by atoms with Crippen LogP contribution in [0.25, 0.3) is 11.4 Å². The molecule has 1 atom stereocenters. The van der Waals surface area contributed by atoms with Gasteiger partial charge in [-0.2, -0.15) is 4.39 Å². The molecule has 1 aromatic carbocycles. The van der Waals surface area contributed by atoms with Crippen LogP contribution >= 0.6 is 11.6 Å². The molecule has 166 valence electrons. The third-order valence-corrected chi connectivity index (χ3v) is 6.14. The van der Waals surface area contributed by atoms with Crippen molar-refractivity contribution in [3.63, 3.8) is 0 Å². The Morgan fingerprint density at radius 3 is 2.48 bits per heavy atom. The van der Waals surface area contributed by atoms with E-state index in [2.05, 4.69) is 9.97 Å². The fraction of sp³-hybridized carbons (Fsp3) is 0.167. The first-order chi connectivity index (χ1) is 15.8. The van der Waals surface area contributed by atoms with E-state index in [1.54, 1.807) is 67.0 Å². The number of carbonyl (C=O) groups is 1. The first-order valence-corrected chi connectivity index (χ1v) is 10.6. The van der Waals surface area contributed by atoms with Crippen molar-refractivity contribution in [2.24, 2.45) is 14.1 Å². The van der Waals surface area contributed by atoms with Gasteiger partial charge in [-0.05, 0) is 42.8 Å². The highest BCUT2D eigenvalue weighted by molar-refractivity contribution is 6.30. The zero-order chi connectivity index (χ0) is 23.4. The van der Waals surface area contributed by atoms with Gasteiger partial charge in [0.25, 0.3) is 11.5 Å². The maximum Gasteiger partial charge on any atom is 0.279 e. The largest absolute Gasteiger partial charge is 0.328 e. The van der Waals surface area contributed by atoms with Crippen molar-refractivity contribution in [1.82, 2.24) is 19.1 Å². The van der Waals surface area contributed by atoms with Crippen molar-refractivity contribution in [2.45, 2.75) is 13.0 Å². The van der Waals surface area contributed by atoms with Crippen molar-refractivity contribution in [3.05, 3.63) is 98.7 Å². The molecule has 1 aliphatic rings. The number of aryl methyl sites for hydroxylation is 2. The molecule has 0 saturated carbocycles. The molecule has 33 heavy (non-hydrogen) atoms. The Hall–Kier alpha value is -3.78. The normalized spacial score (nSPS) is 15.2. The number of pyridine rings is 2. The van der Waals surface area contributed by atoms with Crippen LogP contribution in [0.15, 0.2) is 59.7 Å². The van der Waals surface area contributed by atoms with Crippen molar-refractivity contribution in [1.29, 1.82) is 0 Å². The van der Waals surface area contributed by atoms with Gasteiger partial charge in [-0.25, -0.2) is 9.97 Å². The summed E-state index contributed by atoms with van der Waals surface area (Å²) in [5.74, 6) is -0.686. The SMILES string of the molecule is Cc1cc(N2C(=O)c3nc(-c4cccnc4F)n(C)c3C2c2ccc(Cl)cc2)cn(C)c1=O. The lowest BCUT2D eigenvalue weighted by Gasteiger charge is -2.27. The van der Waals surface area contributed by atoms with Crippen molar-refractivity contribution >= 4 is 23.2 Å². The minimum atomic E-state index is -0.662. The average Bonchev–Trinajstić information content (AvgIpc) is 3.27. The van der Waals surface area contributed by atoms with Gasteiger partial charge in [0, 0.05) is 37.1 Å². The van der Waals surface area contributed by atoms with E-state index in [0.717, 1.165) is 5.56 Å². The molecule has 3 aromatic heterocycles. The van der Waals surface area contributed by atoms with Gasteiger partial charge in [-0.15, -0.1) is 0 Å². The van der Waals surface area contributed by atoms with E-state index in [1.165, 1.54) is 10.8 Å². The van der Waals surface area contributed by atoms with Gasteiger partial charge in [0.2, 0.25) is 5.95 Å². The van der Waals surface area contributed by atoms with Crippen LogP contribution in [-0.2, 0) is 14.1 Å². The number of aromatic nitrogens is 4. The second-order valence-electron chi connectivity index (χ2n) is 8.00. The summed E-state index contributed by atoms with van der Waals surface area (Å²) in [4.78, 5) is 35.8. The summed E-state index contributed by atoms with van der Waals surface area (Å²) in [6.07, 6.45) is 2.99. The van der Waals surface area contributed by atoms with Gasteiger partial charge in [0.05, 0.1) is 16.9 Å². The molecule has 1 aliphatic heterocycles. The van der Waals surface area contributed by atoms with Crippen LogP contribution < -0.4 is 10.5 Å². The lowest BCUT2D eigenvalue weighted by molar-refractivity contribution is 0.0989. The molecule has 5 rings (SSSR count). The van der Waals surface area contributed by atoms with Gasteiger partial charge in [-0.1, -0.05) is 23.7 Å². The zero-order valence-electron chi connectivity index (χ0n) is 18.1. The third-order valence-electron chi connectivity index (χ3n) is 5.89. The van der Waals surface area contributed by atoms with Gasteiger partial charge < -0.3 is 9.13 Å². The fourth-order valence-corrected chi connectivity index (χ4v) is 4.46. The molecule has 9 heteroatoms.